The summed E-state index contributed by atoms with van der Waals surface area (Å²) in [6.07, 6.45) is 0. The van der Waals surface area contributed by atoms with Crippen molar-refractivity contribution in [2.75, 3.05) is 12.4 Å². The maximum Gasteiger partial charge on any atom is 0.333 e. The van der Waals surface area contributed by atoms with Crippen molar-refractivity contribution in [1.29, 1.82) is 5.41 Å². The monoisotopic (exact) mass is 510 g/mol. The number of urea groups is 1. The smallest absolute Gasteiger partial charge is 0.333 e. The summed E-state index contributed by atoms with van der Waals surface area (Å²) in [7, 11) is -2.32. The topological polar surface area (TPSA) is 146 Å². The van der Waals surface area contributed by atoms with Crippen molar-refractivity contribution in [3.63, 3.8) is 0 Å². The number of hydrogen-bond acceptors (Lipinski definition) is 7. The molecule has 4 rings (SSSR count). The molecule has 180 valence electrons. The van der Waals surface area contributed by atoms with Gasteiger partial charge in [-0.1, -0.05) is 6.07 Å². The first-order valence-corrected chi connectivity index (χ1v) is 12.7. The van der Waals surface area contributed by atoms with Gasteiger partial charge in [0.15, 0.2) is 0 Å². The molecule has 2 heterocycles. The maximum absolute atomic E-state index is 13.2. The van der Waals surface area contributed by atoms with Crippen LogP contribution in [0.3, 0.4) is 0 Å². The molecule has 2 aromatic heterocycles. The normalized spacial score (nSPS) is 11.3. The van der Waals surface area contributed by atoms with Crippen LogP contribution < -0.4 is 20.9 Å². The Labute approximate surface area is 205 Å². The van der Waals surface area contributed by atoms with Gasteiger partial charge in [0.1, 0.15) is 15.9 Å². The van der Waals surface area contributed by atoms with Crippen LogP contribution in [0.4, 0.5) is 10.5 Å². The number of amides is 2. The Hall–Kier alpha value is -4.03. The third kappa shape index (κ3) is 4.93. The molecule has 12 heteroatoms. The largest absolute Gasteiger partial charge is 0.373 e. The molecule has 0 aliphatic carbocycles. The van der Waals surface area contributed by atoms with Crippen LogP contribution in [0.5, 0.6) is 0 Å². The molecule has 0 bridgehead atoms. The van der Waals surface area contributed by atoms with Crippen LogP contribution in [-0.2, 0) is 10.0 Å². The molecule has 10 nitrogen and oxygen atoms in total. The number of hydrogen-bond donors (Lipinski definition) is 4. The van der Waals surface area contributed by atoms with Crippen molar-refractivity contribution < 1.29 is 13.2 Å². The molecule has 4 N–H and O–H groups in total. The number of anilines is 1. The SMILES string of the molecule is CNC(=N)c1ccc2c(=O)n(-c3ccc(NC(=O)NS(=O)(=O)c4ccc(C)s4)cc3)c(C)nc2c1. The second kappa shape index (κ2) is 9.31. The van der Waals surface area contributed by atoms with Crippen LogP contribution in [0.15, 0.2) is 63.6 Å². The Morgan fingerprint density at radius 3 is 2.40 bits per heavy atom. The number of amidine groups is 1. The van der Waals surface area contributed by atoms with E-state index in [-0.39, 0.29) is 15.6 Å². The van der Waals surface area contributed by atoms with Gasteiger partial charge in [-0.05, 0) is 62.4 Å². The minimum atomic E-state index is -3.97. The highest BCUT2D eigenvalue weighted by atomic mass is 32.2. The highest BCUT2D eigenvalue weighted by molar-refractivity contribution is 7.92. The molecule has 0 saturated heterocycles. The molecule has 0 atom stereocenters. The number of carbonyl (C=O) groups is 1. The Morgan fingerprint density at radius 2 is 1.77 bits per heavy atom. The summed E-state index contributed by atoms with van der Waals surface area (Å²) >= 11 is 1.07. The van der Waals surface area contributed by atoms with Crippen molar-refractivity contribution in [2.24, 2.45) is 0 Å². The molecule has 4 aromatic rings. The predicted octanol–water partition coefficient (Wildman–Crippen LogP) is 3.12. The molecule has 2 aromatic carbocycles. The lowest BCUT2D eigenvalue weighted by molar-refractivity contribution is 0.256. The van der Waals surface area contributed by atoms with Gasteiger partial charge in [-0.25, -0.2) is 22.9 Å². The maximum atomic E-state index is 13.2. The molecular weight excluding hydrogens is 488 g/mol. The first-order valence-electron chi connectivity index (χ1n) is 10.4. The van der Waals surface area contributed by atoms with E-state index in [9.17, 15) is 18.0 Å². The molecule has 0 fully saturated rings. The zero-order valence-corrected chi connectivity index (χ0v) is 20.7. The molecule has 2 amide bonds. The van der Waals surface area contributed by atoms with Gasteiger partial charge in [-0.3, -0.25) is 14.8 Å². The van der Waals surface area contributed by atoms with E-state index in [4.69, 9.17) is 5.41 Å². The number of nitrogens with one attached hydrogen (secondary N) is 4. The first-order chi connectivity index (χ1) is 16.6. The van der Waals surface area contributed by atoms with Crippen molar-refractivity contribution in [3.8, 4) is 5.69 Å². The fourth-order valence-corrected chi connectivity index (χ4v) is 5.67. The Morgan fingerprint density at radius 1 is 1.06 bits per heavy atom. The number of thiophene rings is 1. The Bertz CT molecular complexity index is 1620. The third-order valence-electron chi connectivity index (χ3n) is 5.17. The number of aromatic nitrogens is 2. The van der Waals surface area contributed by atoms with Gasteiger partial charge in [-0.15, -0.1) is 11.3 Å². The third-order valence-corrected chi connectivity index (χ3v) is 7.99. The number of fused-ring (bicyclic) bond motifs is 1. The summed E-state index contributed by atoms with van der Waals surface area (Å²) in [6, 6.07) is 13.6. The van der Waals surface area contributed by atoms with Gasteiger partial charge in [0, 0.05) is 23.2 Å². The van der Waals surface area contributed by atoms with Crippen LogP contribution >= 0.6 is 11.3 Å². The second-order valence-corrected chi connectivity index (χ2v) is 10.8. The average molecular weight is 511 g/mol. The van der Waals surface area contributed by atoms with Gasteiger partial charge in [0.2, 0.25) is 0 Å². The van der Waals surface area contributed by atoms with Crippen LogP contribution in [-0.4, -0.2) is 36.9 Å². The lowest BCUT2D eigenvalue weighted by atomic mass is 10.1. The van der Waals surface area contributed by atoms with E-state index in [1.807, 2.05) is 4.72 Å². The van der Waals surface area contributed by atoms with Crippen molar-refractivity contribution in [2.45, 2.75) is 18.1 Å². The number of nitrogens with zero attached hydrogens (tertiary/aromatic N) is 2. The quantitative estimate of drug-likeness (QED) is 0.240. The number of benzene rings is 2. The fraction of sp³-hybridized carbons (Fsp3) is 0.130. The van der Waals surface area contributed by atoms with Gasteiger partial charge in [0.05, 0.1) is 16.6 Å². The zero-order chi connectivity index (χ0) is 25.3. The number of rotatable bonds is 5. The molecule has 0 aliphatic rings. The molecule has 0 unspecified atom stereocenters. The molecule has 0 aliphatic heterocycles. The summed E-state index contributed by atoms with van der Waals surface area (Å²) in [5.41, 5.74) is 1.71. The van der Waals surface area contributed by atoms with Crippen LogP contribution in [0, 0.1) is 19.3 Å². The highest BCUT2D eigenvalue weighted by Gasteiger charge is 2.19. The minimum Gasteiger partial charge on any atom is -0.373 e. The molecule has 0 spiro atoms. The Balaban J connectivity index is 1.56. The number of sulfonamides is 1. The first kappa shape index (κ1) is 24.1. The van der Waals surface area contributed by atoms with Crippen LogP contribution in [0.25, 0.3) is 16.6 Å². The van der Waals surface area contributed by atoms with Crippen LogP contribution in [0.1, 0.15) is 16.3 Å². The van der Waals surface area contributed by atoms with E-state index in [1.54, 1.807) is 69.4 Å². The van der Waals surface area contributed by atoms with E-state index in [2.05, 4.69) is 15.6 Å². The van der Waals surface area contributed by atoms with Crippen molar-refractivity contribution >= 4 is 49.8 Å². The molecule has 0 radical (unpaired) electrons. The lowest BCUT2D eigenvalue weighted by Gasteiger charge is -2.13. The van der Waals surface area contributed by atoms with Crippen molar-refractivity contribution in [3.05, 3.63) is 81.2 Å². The van der Waals surface area contributed by atoms with E-state index in [1.165, 1.54) is 10.6 Å². The standard InChI is InChI=1S/C23H22N6O4S2/c1-13-4-11-20(34-13)35(32,33)28-23(31)27-16-6-8-17(9-7-16)29-14(2)26-19-12-15(21(24)25-3)5-10-18(19)22(29)30/h4-12H,1-3H3,(H2,24,25)(H2,27,28,31). The van der Waals surface area contributed by atoms with Crippen LogP contribution in [0.2, 0.25) is 0 Å². The summed E-state index contributed by atoms with van der Waals surface area (Å²) in [6.45, 7) is 3.48. The van der Waals surface area contributed by atoms with Crippen molar-refractivity contribution in [1.82, 2.24) is 19.6 Å². The molecule has 0 saturated carbocycles. The summed E-state index contributed by atoms with van der Waals surface area (Å²) in [5.74, 6) is 0.674. The fourth-order valence-electron chi connectivity index (χ4n) is 3.48. The van der Waals surface area contributed by atoms with E-state index < -0.39 is 16.1 Å². The minimum absolute atomic E-state index is 0.0501. The molecule has 35 heavy (non-hydrogen) atoms. The van der Waals surface area contributed by atoms with E-state index in [0.717, 1.165) is 16.2 Å². The number of aryl methyl sites for hydroxylation is 2. The second-order valence-electron chi connectivity index (χ2n) is 7.63. The zero-order valence-electron chi connectivity index (χ0n) is 19.0. The average Bonchev–Trinajstić information content (AvgIpc) is 3.26. The predicted molar refractivity (Wildman–Crippen MR) is 136 cm³/mol. The highest BCUT2D eigenvalue weighted by Crippen LogP contribution is 2.21. The summed E-state index contributed by atoms with van der Waals surface area (Å²) < 4.78 is 28.1. The lowest BCUT2D eigenvalue weighted by Crippen LogP contribution is -2.33. The van der Waals surface area contributed by atoms with E-state index >= 15 is 0 Å². The molecular formula is C23H22N6O4S2. The summed E-state index contributed by atoms with van der Waals surface area (Å²) in [4.78, 5) is 30.7. The van der Waals surface area contributed by atoms with E-state index in [0.29, 0.717) is 33.7 Å². The van der Waals surface area contributed by atoms with Gasteiger partial charge >= 0.3 is 6.03 Å². The number of carbonyl (C=O) groups excluding carboxylic acids is 1. The summed E-state index contributed by atoms with van der Waals surface area (Å²) in [5, 5.41) is 13.5. The Kier molecular flexibility index (Phi) is 6.41. The van der Waals surface area contributed by atoms with Gasteiger partial charge < -0.3 is 10.6 Å². The van der Waals surface area contributed by atoms with Gasteiger partial charge in [0.25, 0.3) is 15.6 Å². The van der Waals surface area contributed by atoms with Gasteiger partial charge in [-0.2, -0.15) is 0 Å².